The van der Waals surface area contributed by atoms with E-state index in [4.69, 9.17) is 4.74 Å². The summed E-state index contributed by atoms with van der Waals surface area (Å²) in [6, 6.07) is 9.61. The van der Waals surface area contributed by atoms with Gasteiger partial charge in [-0.3, -0.25) is 0 Å². The summed E-state index contributed by atoms with van der Waals surface area (Å²) in [5, 5.41) is 0.902. The van der Waals surface area contributed by atoms with Gasteiger partial charge in [0.25, 0.3) is 0 Å². The minimum Gasteiger partial charge on any atom is -0.425 e. The number of ether oxygens (including phenoxy) is 1. The van der Waals surface area contributed by atoms with Crippen molar-refractivity contribution in [1.29, 1.82) is 0 Å². The van der Waals surface area contributed by atoms with Gasteiger partial charge in [-0.2, -0.15) is 4.72 Å². The quantitative estimate of drug-likeness (QED) is 0.520. The highest BCUT2D eigenvalue weighted by Gasteiger charge is 2.26. The number of carbonyl (C=O) groups excluding carboxylic acids is 1. The first-order chi connectivity index (χ1) is 12.7. The molecule has 0 saturated heterocycles. The molecule has 0 aliphatic heterocycles. The van der Waals surface area contributed by atoms with E-state index in [-0.39, 0.29) is 4.90 Å². The molecule has 27 heavy (non-hydrogen) atoms. The molecule has 1 aromatic heterocycles. The van der Waals surface area contributed by atoms with Gasteiger partial charge in [-0.15, -0.1) is 0 Å². The fourth-order valence-electron chi connectivity index (χ4n) is 3.23. The van der Waals surface area contributed by atoms with Crippen LogP contribution in [-0.4, -0.2) is 25.4 Å². The van der Waals surface area contributed by atoms with Gasteiger partial charge in [0.2, 0.25) is 10.0 Å². The number of benzene rings is 2. The SMILES string of the molecule is Cc1cc(C)c(S(=O)(=O)N[C@@H](C)C(=O)Oc2ccc3[nH]ccc3c2)c(C)c1. The highest BCUT2D eigenvalue weighted by Crippen LogP contribution is 2.23. The first-order valence-electron chi connectivity index (χ1n) is 8.56. The molecule has 0 bridgehead atoms. The van der Waals surface area contributed by atoms with Crippen LogP contribution < -0.4 is 9.46 Å². The van der Waals surface area contributed by atoms with Crippen LogP contribution in [0, 0.1) is 20.8 Å². The molecule has 3 rings (SSSR count). The average Bonchev–Trinajstić information content (AvgIpc) is 3.00. The lowest BCUT2D eigenvalue weighted by Crippen LogP contribution is -2.41. The minimum atomic E-state index is -3.86. The number of fused-ring (bicyclic) bond motifs is 1. The standard InChI is InChI=1S/C20H22N2O4S/c1-12-9-13(2)19(14(3)10-12)27(24,25)22-15(4)20(23)26-17-5-6-18-16(11-17)7-8-21-18/h5-11,15,21-22H,1-4H3/t15-/m0/s1. The Morgan fingerprint density at radius 3 is 2.41 bits per heavy atom. The van der Waals surface area contributed by atoms with Crippen LogP contribution in [0.2, 0.25) is 0 Å². The van der Waals surface area contributed by atoms with Crippen LogP contribution in [0.1, 0.15) is 23.6 Å². The first kappa shape index (κ1) is 19.1. The monoisotopic (exact) mass is 386 g/mol. The van der Waals surface area contributed by atoms with E-state index in [1.54, 1.807) is 50.4 Å². The minimum absolute atomic E-state index is 0.196. The van der Waals surface area contributed by atoms with E-state index in [1.165, 1.54) is 6.92 Å². The van der Waals surface area contributed by atoms with Crippen molar-refractivity contribution >= 4 is 26.9 Å². The summed E-state index contributed by atoms with van der Waals surface area (Å²) in [4.78, 5) is 15.6. The molecule has 0 aliphatic rings. The highest BCUT2D eigenvalue weighted by molar-refractivity contribution is 7.89. The lowest BCUT2D eigenvalue weighted by molar-refractivity contribution is -0.135. The Bertz CT molecular complexity index is 1090. The number of nitrogens with one attached hydrogen (secondary N) is 2. The zero-order chi connectivity index (χ0) is 19.8. The van der Waals surface area contributed by atoms with Crippen molar-refractivity contribution < 1.29 is 17.9 Å². The molecule has 1 atom stereocenters. The summed E-state index contributed by atoms with van der Waals surface area (Å²) in [7, 11) is -3.86. The third-order valence-corrected chi connectivity index (χ3v) is 6.15. The number of aromatic amines is 1. The van der Waals surface area contributed by atoms with Crippen LogP contribution in [0.15, 0.2) is 47.5 Å². The lowest BCUT2D eigenvalue weighted by Gasteiger charge is -2.17. The van der Waals surface area contributed by atoms with Crippen LogP contribution in [0.5, 0.6) is 5.75 Å². The number of hydrogen-bond donors (Lipinski definition) is 2. The van der Waals surface area contributed by atoms with E-state index < -0.39 is 22.0 Å². The van der Waals surface area contributed by atoms with Gasteiger partial charge in [0.15, 0.2) is 0 Å². The molecule has 6 nitrogen and oxygen atoms in total. The van der Waals surface area contributed by atoms with Crippen molar-refractivity contribution in [3.05, 3.63) is 59.3 Å². The number of esters is 1. The average molecular weight is 386 g/mol. The molecule has 0 spiro atoms. The summed E-state index contributed by atoms with van der Waals surface area (Å²) in [5.41, 5.74) is 3.18. The number of carbonyl (C=O) groups is 1. The molecule has 0 aliphatic carbocycles. The maximum absolute atomic E-state index is 12.8. The first-order valence-corrected chi connectivity index (χ1v) is 10.0. The smallest absolute Gasteiger partial charge is 0.329 e. The van der Waals surface area contributed by atoms with Gasteiger partial charge in [0.1, 0.15) is 11.8 Å². The van der Waals surface area contributed by atoms with E-state index in [2.05, 4.69) is 9.71 Å². The summed E-state index contributed by atoms with van der Waals surface area (Å²) >= 11 is 0. The molecule has 3 aromatic rings. The van der Waals surface area contributed by atoms with Crippen LogP contribution in [0.4, 0.5) is 0 Å². The van der Waals surface area contributed by atoms with E-state index >= 15 is 0 Å². The number of H-pyrrole nitrogens is 1. The summed E-state index contributed by atoms with van der Waals surface area (Å²) in [5.74, 6) is -0.309. The third-order valence-electron chi connectivity index (χ3n) is 4.30. The van der Waals surface area contributed by atoms with Crippen LogP contribution in [0.3, 0.4) is 0 Å². The van der Waals surface area contributed by atoms with E-state index in [1.807, 2.05) is 13.0 Å². The second kappa shape index (κ2) is 7.17. The Morgan fingerprint density at radius 2 is 1.74 bits per heavy atom. The third kappa shape index (κ3) is 4.04. The maximum atomic E-state index is 12.8. The summed E-state index contributed by atoms with van der Waals surface area (Å²) in [6.45, 7) is 6.85. The number of hydrogen-bond acceptors (Lipinski definition) is 4. The van der Waals surface area contributed by atoms with Crippen LogP contribution in [0.25, 0.3) is 10.9 Å². The molecule has 7 heteroatoms. The largest absolute Gasteiger partial charge is 0.425 e. The molecule has 0 radical (unpaired) electrons. The van der Waals surface area contributed by atoms with Crippen LogP contribution in [-0.2, 0) is 14.8 Å². The molecule has 0 unspecified atom stereocenters. The van der Waals surface area contributed by atoms with Crippen molar-refractivity contribution in [2.24, 2.45) is 0 Å². The molecular formula is C20H22N2O4S. The molecular weight excluding hydrogens is 364 g/mol. The summed E-state index contributed by atoms with van der Waals surface area (Å²) in [6.07, 6.45) is 1.79. The Hall–Kier alpha value is -2.64. The van der Waals surface area contributed by atoms with Crippen molar-refractivity contribution in [3.63, 3.8) is 0 Å². The number of aryl methyl sites for hydroxylation is 3. The molecule has 142 valence electrons. The molecule has 2 aromatic carbocycles. The van der Waals surface area contributed by atoms with Gasteiger partial charge < -0.3 is 9.72 Å². The Balaban J connectivity index is 1.77. The topological polar surface area (TPSA) is 88.3 Å². The van der Waals surface area contributed by atoms with Crippen molar-refractivity contribution in [1.82, 2.24) is 9.71 Å². The highest BCUT2D eigenvalue weighted by atomic mass is 32.2. The van der Waals surface area contributed by atoms with E-state index in [9.17, 15) is 13.2 Å². The second-order valence-electron chi connectivity index (χ2n) is 6.72. The van der Waals surface area contributed by atoms with E-state index in [0.29, 0.717) is 16.9 Å². The van der Waals surface area contributed by atoms with Gasteiger partial charge >= 0.3 is 5.97 Å². The van der Waals surface area contributed by atoms with Gasteiger partial charge in [-0.1, -0.05) is 17.7 Å². The normalized spacial score (nSPS) is 12.9. The second-order valence-corrected chi connectivity index (χ2v) is 8.37. The molecule has 0 fully saturated rings. The Morgan fingerprint density at radius 1 is 1.07 bits per heavy atom. The molecule has 0 amide bonds. The Kier molecular flexibility index (Phi) is 5.08. The zero-order valence-electron chi connectivity index (χ0n) is 15.7. The molecule has 0 saturated carbocycles. The molecule has 2 N–H and O–H groups in total. The maximum Gasteiger partial charge on any atom is 0.329 e. The number of aromatic nitrogens is 1. The Labute approximate surface area is 158 Å². The number of sulfonamides is 1. The van der Waals surface area contributed by atoms with Crippen molar-refractivity contribution in [2.45, 2.75) is 38.6 Å². The van der Waals surface area contributed by atoms with Gasteiger partial charge in [-0.25, -0.2) is 13.2 Å². The predicted octanol–water partition coefficient (Wildman–Crippen LogP) is 3.37. The number of rotatable bonds is 5. The lowest BCUT2D eigenvalue weighted by atomic mass is 10.1. The fraction of sp³-hybridized carbons (Fsp3) is 0.250. The fourth-order valence-corrected chi connectivity index (χ4v) is 4.87. The van der Waals surface area contributed by atoms with E-state index in [0.717, 1.165) is 16.5 Å². The van der Waals surface area contributed by atoms with Gasteiger partial charge in [0, 0.05) is 17.1 Å². The predicted molar refractivity (Wildman–Crippen MR) is 104 cm³/mol. The zero-order valence-corrected chi connectivity index (χ0v) is 16.5. The van der Waals surface area contributed by atoms with Crippen molar-refractivity contribution in [2.75, 3.05) is 0 Å². The molecule has 1 heterocycles. The van der Waals surface area contributed by atoms with Crippen LogP contribution >= 0.6 is 0 Å². The summed E-state index contributed by atoms with van der Waals surface area (Å²) < 4.78 is 33.3. The van der Waals surface area contributed by atoms with Gasteiger partial charge in [-0.05, 0) is 63.1 Å². The van der Waals surface area contributed by atoms with Gasteiger partial charge in [0.05, 0.1) is 4.90 Å². The van der Waals surface area contributed by atoms with Crippen molar-refractivity contribution in [3.8, 4) is 5.75 Å².